The number of hydrogen-bond acceptors (Lipinski definition) is 3. The summed E-state index contributed by atoms with van der Waals surface area (Å²) >= 11 is 0. The van der Waals surface area contributed by atoms with Crippen molar-refractivity contribution in [3.8, 4) is 0 Å². The van der Waals surface area contributed by atoms with Crippen LogP contribution in [0.15, 0.2) is 30.5 Å². The molecular formula is C18H19FN2O3. The Morgan fingerprint density at radius 2 is 2.25 bits per heavy atom. The predicted octanol–water partition coefficient (Wildman–Crippen LogP) is 2.34. The van der Waals surface area contributed by atoms with Crippen LogP contribution in [-0.4, -0.2) is 54.8 Å². The number of carbonyl (C=O) groups excluding carboxylic acids is 1. The van der Waals surface area contributed by atoms with Crippen LogP contribution >= 0.6 is 0 Å². The number of nitrogens with one attached hydrogen (secondary N) is 1. The lowest BCUT2D eigenvalue weighted by Crippen LogP contribution is -2.46. The SMILES string of the molecule is O=C([C@@H]1COCCO1)N1CC=C(c2c[nH]c3cc(F)ccc23)CC1. The van der Waals surface area contributed by atoms with Crippen molar-refractivity contribution in [2.45, 2.75) is 12.5 Å². The third kappa shape index (κ3) is 2.83. The van der Waals surface area contributed by atoms with Gasteiger partial charge in [0.05, 0.1) is 19.8 Å². The highest BCUT2D eigenvalue weighted by atomic mass is 19.1. The molecule has 0 radical (unpaired) electrons. The molecule has 1 aromatic heterocycles. The Labute approximate surface area is 139 Å². The van der Waals surface area contributed by atoms with Crippen molar-refractivity contribution in [1.82, 2.24) is 9.88 Å². The molecule has 0 saturated carbocycles. The van der Waals surface area contributed by atoms with E-state index < -0.39 is 6.10 Å². The van der Waals surface area contributed by atoms with Crippen LogP contribution in [0.1, 0.15) is 12.0 Å². The number of benzene rings is 1. The first-order valence-electron chi connectivity index (χ1n) is 8.16. The Morgan fingerprint density at radius 3 is 3.00 bits per heavy atom. The molecule has 2 aromatic rings. The van der Waals surface area contributed by atoms with Crippen LogP contribution in [0.25, 0.3) is 16.5 Å². The van der Waals surface area contributed by atoms with Crippen LogP contribution < -0.4 is 0 Å². The molecule has 1 N–H and O–H groups in total. The average molecular weight is 330 g/mol. The lowest BCUT2D eigenvalue weighted by atomic mass is 9.98. The summed E-state index contributed by atoms with van der Waals surface area (Å²) in [5, 5.41) is 1.01. The van der Waals surface area contributed by atoms with Crippen molar-refractivity contribution in [2.75, 3.05) is 32.9 Å². The van der Waals surface area contributed by atoms with Crippen LogP contribution in [0.2, 0.25) is 0 Å². The number of ether oxygens (including phenoxy) is 2. The Hall–Kier alpha value is -2.18. The van der Waals surface area contributed by atoms with Gasteiger partial charge in [-0.1, -0.05) is 6.08 Å². The van der Waals surface area contributed by atoms with Crippen LogP contribution in [0.3, 0.4) is 0 Å². The van der Waals surface area contributed by atoms with Gasteiger partial charge in [-0.2, -0.15) is 0 Å². The molecular weight excluding hydrogens is 311 g/mol. The minimum absolute atomic E-state index is 0.00834. The highest BCUT2D eigenvalue weighted by Crippen LogP contribution is 2.29. The van der Waals surface area contributed by atoms with Gasteiger partial charge >= 0.3 is 0 Å². The fourth-order valence-electron chi connectivity index (χ4n) is 3.31. The van der Waals surface area contributed by atoms with Gasteiger partial charge in [-0.3, -0.25) is 4.79 Å². The minimum Gasteiger partial charge on any atom is -0.376 e. The Balaban J connectivity index is 1.50. The smallest absolute Gasteiger partial charge is 0.254 e. The molecule has 2 aliphatic heterocycles. The summed E-state index contributed by atoms with van der Waals surface area (Å²) in [4.78, 5) is 17.4. The second-order valence-corrected chi connectivity index (χ2v) is 6.09. The summed E-state index contributed by atoms with van der Waals surface area (Å²) in [5.74, 6) is -0.258. The Kier molecular flexibility index (Phi) is 4.08. The van der Waals surface area contributed by atoms with Crippen molar-refractivity contribution in [3.05, 3.63) is 41.9 Å². The lowest BCUT2D eigenvalue weighted by Gasteiger charge is -2.31. The van der Waals surface area contributed by atoms with E-state index >= 15 is 0 Å². The minimum atomic E-state index is -0.482. The van der Waals surface area contributed by atoms with E-state index in [-0.39, 0.29) is 11.7 Å². The predicted molar refractivity (Wildman–Crippen MR) is 88.0 cm³/mol. The van der Waals surface area contributed by atoms with Gasteiger partial charge in [0.2, 0.25) is 0 Å². The summed E-state index contributed by atoms with van der Waals surface area (Å²) in [6, 6.07) is 4.76. The van der Waals surface area contributed by atoms with Crippen molar-refractivity contribution >= 4 is 22.4 Å². The highest BCUT2D eigenvalue weighted by Gasteiger charge is 2.28. The molecule has 0 aliphatic carbocycles. The van der Waals surface area contributed by atoms with Gasteiger partial charge < -0.3 is 19.4 Å². The summed E-state index contributed by atoms with van der Waals surface area (Å²) in [6.45, 7) is 2.56. The van der Waals surface area contributed by atoms with Crippen LogP contribution in [0, 0.1) is 5.82 Å². The summed E-state index contributed by atoms with van der Waals surface area (Å²) in [5.41, 5.74) is 3.05. The number of amides is 1. The maximum absolute atomic E-state index is 13.3. The molecule has 1 saturated heterocycles. The number of rotatable bonds is 2. The van der Waals surface area contributed by atoms with Crippen molar-refractivity contribution < 1.29 is 18.7 Å². The van der Waals surface area contributed by atoms with Gasteiger partial charge in [0, 0.05) is 35.8 Å². The van der Waals surface area contributed by atoms with E-state index in [4.69, 9.17) is 9.47 Å². The first kappa shape index (κ1) is 15.4. The second-order valence-electron chi connectivity index (χ2n) is 6.09. The van der Waals surface area contributed by atoms with E-state index in [1.165, 1.54) is 17.7 Å². The van der Waals surface area contributed by atoms with Crippen molar-refractivity contribution in [2.24, 2.45) is 0 Å². The topological polar surface area (TPSA) is 54.6 Å². The van der Waals surface area contributed by atoms with Gasteiger partial charge in [-0.15, -0.1) is 0 Å². The number of H-pyrrole nitrogens is 1. The Bertz CT molecular complexity index is 793. The van der Waals surface area contributed by atoms with Gasteiger partial charge in [0.15, 0.2) is 6.10 Å². The van der Waals surface area contributed by atoms with Crippen molar-refractivity contribution in [3.63, 3.8) is 0 Å². The monoisotopic (exact) mass is 330 g/mol. The number of fused-ring (bicyclic) bond motifs is 1. The van der Waals surface area contributed by atoms with Gasteiger partial charge in [-0.25, -0.2) is 4.39 Å². The standard InChI is InChI=1S/C18H19FN2O3/c19-13-1-2-14-15(10-20-16(14)9-13)12-3-5-21(6-4-12)18(22)17-11-23-7-8-24-17/h1-3,9-10,17,20H,4-8,11H2/t17-/m0/s1. The summed E-state index contributed by atoms with van der Waals surface area (Å²) < 4.78 is 24.1. The summed E-state index contributed by atoms with van der Waals surface area (Å²) in [7, 11) is 0. The third-order valence-corrected chi connectivity index (χ3v) is 4.60. The zero-order chi connectivity index (χ0) is 16.5. The van der Waals surface area contributed by atoms with E-state index in [9.17, 15) is 9.18 Å². The molecule has 1 atom stereocenters. The molecule has 4 rings (SSSR count). The fourth-order valence-corrected chi connectivity index (χ4v) is 3.31. The molecule has 0 spiro atoms. The van der Waals surface area contributed by atoms with Crippen molar-refractivity contribution in [1.29, 1.82) is 0 Å². The molecule has 1 amide bonds. The molecule has 3 heterocycles. The molecule has 6 heteroatoms. The molecule has 5 nitrogen and oxygen atoms in total. The third-order valence-electron chi connectivity index (χ3n) is 4.60. The van der Waals surface area contributed by atoms with Gasteiger partial charge in [0.1, 0.15) is 5.82 Å². The molecule has 1 aromatic carbocycles. The first-order chi connectivity index (χ1) is 11.7. The van der Waals surface area contributed by atoms with Crippen LogP contribution in [0.5, 0.6) is 0 Å². The normalized spacial score (nSPS) is 21.8. The quantitative estimate of drug-likeness (QED) is 0.919. The van der Waals surface area contributed by atoms with Crippen LogP contribution in [0.4, 0.5) is 4.39 Å². The number of nitrogens with zero attached hydrogens (tertiary/aromatic N) is 1. The van der Waals surface area contributed by atoms with Crippen LogP contribution in [-0.2, 0) is 14.3 Å². The number of halogens is 1. The zero-order valence-electron chi connectivity index (χ0n) is 13.3. The van der Waals surface area contributed by atoms with E-state index in [2.05, 4.69) is 11.1 Å². The zero-order valence-corrected chi connectivity index (χ0v) is 13.3. The molecule has 2 aliphatic rings. The maximum atomic E-state index is 13.3. The average Bonchev–Trinajstić information content (AvgIpc) is 3.05. The number of aromatic amines is 1. The summed E-state index contributed by atoms with van der Waals surface area (Å²) in [6.07, 6.45) is 4.26. The maximum Gasteiger partial charge on any atom is 0.254 e. The van der Waals surface area contributed by atoms with Gasteiger partial charge in [0.25, 0.3) is 5.91 Å². The highest BCUT2D eigenvalue weighted by molar-refractivity contribution is 5.93. The molecule has 0 unspecified atom stereocenters. The number of aromatic nitrogens is 1. The van der Waals surface area contributed by atoms with E-state index in [0.717, 1.165) is 22.9 Å². The number of hydrogen-bond donors (Lipinski definition) is 1. The fraction of sp³-hybridized carbons (Fsp3) is 0.389. The van der Waals surface area contributed by atoms with E-state index in [1.54, 1.807) is 11.0 Å². The lowest BCUT2D eigenvalue weighted by molar-refractivity contribution is -0.157. The second kappa shape index (κ2) is 6.37. The first-order valence-corrected chi connectivity index (χ1v) is 8.16. The molecule has 24 heavy (non-hydrogen) atoms. The molecule has 0 bridgehead atoms. The van der Waals surface area contributed by atoms with E-state index in [0.29, 0.717) is 32.9 Å². The largest absolute Gasteiger partial charge is 0.376 e. The number of carbonyl (C=O) groups is 1. The molecule has 126 valence electrons. The van der Waals surface area contributed by atoms with E-state index in [1.807, 2.05) is 6.20 Å². The molecule has 1 fully saturated rings. The van der Waals surface area contributed by atoms with Gasteiger partial charge in [-0.05, 0) is 30.2 Å². The Morgan fingerprint density at radius 1 is 1.33 bits per heavy atom.